The summed E-state index contributed by atoms with van der Waals surface area (Å²) in [5, 5.41) is 11.5. The molecule has 0 radical (unpaired) electrons. The van der Waals surface area contributed by atoms with Crippen LogP contribution < -0.4 is 5.32 Å². The first-order chi connectivity index (χ1) is 11.3. The molecule has 23 heavy (non-hydrogen) atoms. The Morgan fingerprint density at radius 1 is 1.43 bits per heavy atom. The molecule has 1 atom stereocenters. The first-order valence-electron chi connectivity index (χ1n) is 8.17. The summed E-state index contributed by atoms with van der Waals surface area (Å²) in [5.74, 6) is 0.158. The van der Waals surface area contributed by atoms with Gasteiger partial charge in [-0.2, -0.15) is 11.3 Å². The third kappa shape index (κ3) is 3.05. The maximum Gasteiger partial charge on any atom is 0.229 e. The molecule has 1 amide bonds. The van der Waals surface area contributed by atoms with Gasteiger partial charge in [0.15, 0.2) is 0 Å². The zero-order chi connectivity index (χ0) is 15.7. The molecule has 2 aromatic heterocycles. The van der Waals surface area contributed by atoms with Gasteiger partial charge < -0.3 is 14.7 Å². The van der Waals surface area contributed by atoms with Crippen LogP contribution in [0.2, 0.25) is 0 Å². The highest BCUT2D eigenvalue weighted by Gasteiger charge is 2.57. The molecule has 2 aliphatic rings. The highest BCUT2D eigenvalue weighted by Crippen LogP contribution is 2.56. The van der Waals surface area contributed by atoms with E-state index in [1.807, 2.05) is 0 Å². The van der Waals surface area contributed by atoms with Crippen LogP contribution >= 0.6 is 11.3 Å². The number of nitrogens with one attached hydrogen (secondary N) is 1. The average molecular weight is 331 g/mol. The van der Waals surface area contributed by atoms with E-state index >= 15 is 0 Å². The highest BCUT2D eigenvalue weighted by atomic mass is 32.1. The molecule has 5 nitrogen and oxygen atoms in total. The fraction of sp³-hybridized carbons (Fsp3) is 0.529. The van der Waals surface area contributed by atoms with Crippen LogP contribution in [0.1, 0.15) is 30.5 Å². The lowest BCUT2D eigenvalue weighted by molar-refractivity contribution is -0.132. The summed E-state index contributed by atoms with van der Waals surface area (Å²) in [4.78, 5) is 15.0. The van der Waals surface area contributed by atoms with E-state index in [1.165, 1.54) is 24.7 Å². The van der Waals surface area contributed by atoms with E-state index in [9.17, 15) is 4.79 Å². The summed E-state index contributed by atoms with van der Waals surface area (Å²) in [6.45, 7) is 2.85. The second-order valence-corrected chi connectivity index (χ2v) is 7.43. The lowest BCUT2D eigenvalue weighted by atomic mass is 9.93. The van der Waals surface area contributed by atoms with Gasteiger partial charge in [-0.3, -0.25) is 4.79 Å². The number of piperidine rings is 1. The molecule has 2 aromatic rings. The molecule has 1 N–H and O–H groups in total. The molecule has 0 aromatic carbocycles. The van der Waals surface area contributed by atoms with Crippen LogP contribution in [0.15, 0.2) is 33.7 Å². The van der Waals surface area contributed by atoms with E-state index < -0.39 is 0 Å². The zero-order valence-electron chi connectivity index (χ0n) is 13.0. The van der Waals surface area contributed by atoms with Crippen molar-refractivity contribution in [3.63, 3.8) is 0 Å². The smallest absolute Gasteiger partial charge is 0.229 e. The predicted octanol–water partition coefficient (Wildman–Crippen LogP) is 2.45. The molecular formula is C17H21N3O2S. The number of amides is 1. The van der Waals surface area contributed by atoms with E-state index in [0.717, 1.165) is 19.5 Å². The minimum absolute atomic E-state index is 0.158. The third-order valence-corrected chi connectivity index (χ3v) is 5.93. The number of hydrogen-bond donors (Lipinski definition) is 1. The number of carbonyl (C=O) groups is 1. The lowest BCUT2D eigenvalue weighted by Gasteiger charge is -2.29. The molecule has 6 heteroatoms. The van der Waals surface area contributed by atoms with Crippen LogP contribution in [0.4, 0.5) is 0 Å². The largest absolute Gasteiger partial charge is 0.364 e. The van der Waals surface area contributed by atoms with Gasteiger partial charge in [-0.15, -0.1) is 0 Å². The summed E-state index contributed by atoms with van der Waals surface area (Å²) < 4.78 is 4.86. The quantitative estimate of drug-likeness (QED) is 0.914. The van der Waals surface area contributed by atoms with Gasteiger partial charge in [0.1, 0.15) is 6.26 Å². The highest BCUT2D eigenvalue weighted by molar-refractivity contribution is 7.07. The maximum atomic E-state index is 12.9. The fourth-order valence-corrected chi connectivity index (χ4v) is 4.43. The molecule has 122 valence electrons. The van der Waals surface area contributed by atoms with Gasteiger partial charge in [-0.05, 0) is 60.2 Å². The number of nitrogens with zero attached hydrogens (tertiary/aromatic N) is 2. The molecule has 1 spiro atoms. The van der Waals surface area contributed by atoms with Gasteiger partial charge in [0, 0.05) is 18.7 Å². The van der Waals surface area contributed by atoms with Crippen molar-refractivity contribution in [3.05, 3.63) is 40.4 Å². The molecule has 2 fully saturated rings. The zero-order valence-corrected chi connectivity index (χ0v) is 13.8. The summed E-state index contributed by atoms with van der Waals surface area (Å²) in [7, 11) is 0. The number of aromatic nitrogens is 1. The minimum atomic E-state index is 0.158. The van der Waals surface area contributed by atoms with Crippen molar-refractivity contribution in [3.8, 4) is 0 Å². The molecule has 1 saturated heterocycles. The Bertz CT molecular complexity index is 647. The Hall–Kier alpha value is -1.66. The lowest BCUT2D eigenvalue weighted by Crippen LogP contribution is -2.39. The Labute approximate surface area is 139 Å². The Morgan fingerprint density at radius 2 is 2.30 bits per heavy atom. The minimum Gasteiger partial charge on any atom is -0.364 e. The fourth-order valence-electron chi connectivity index (χ4n) is 3.77. The summed E-state index contributed by atoms with van der Waals surface area (Å²) in [5.41, 5.74) is 2.28. The van der Waals surface area contributed by atoms with Gasteiger partial charge in [0.2, 0.25) is 5.91 Å². The van der Waals surface area contributed by atoms with Gasteiger partial charge in [0.25, 0.3) is 0 Å². The second kappa shape index (κ2) is 6.09. The SMILES string of the molecule is O=C(Cc1ccon1)N(Cc1ccsc1)C1CC12CCNCC2. The number of carbonyl (C=O) groups excluding carboxylic acids is 1. The van der Waals surface area contributed by atoms with Crippen molar-refractivity contribution >= 4 is 17.2 Å². The van der Waals surface area contributed by atoms with Crippen LogP contribution in [0.3, 0.4) is 0 Å². The summed E-state index contributed by atoms with van der Waals surface area (Å²) in [6, 6.07) is 4.26. The topological polar surface area (TPSA) is 58.4 Å². The van der Waals surface area contributed by atoms with Gasteiger partial charge in [0.05, 0.1) is 12.1 Å². The monoisotopic (exact) mass is 331 g/mol. The van der Waals surface area contributed by atoms with Crippen LogP contribution in [0.5, 0.6) is 0 Å². The first-order valence-corrected chi connectivity index (χ1v) is 9.12. The van der Waals surface area contributed by atoms with Crippen LogP contribution in [-0.2, 0) is 17.8 Å². The van der Waals surface area contributed by atoms with Gasteiger partial charge >= 0.3 is 0 Å². The Kier molecular flexibility index (Phi) is 3.95. The number of hydrogen-bond acceptors (Lipinski definition) is 5. The summed E-state index contributed by atoms with van der Waals surface area (Å²) >= 11 is 1.68. The van der Waals surface area contributed by atoms with Gasteiger partial charge in [-0.1, -0.05) is 5.16 Å². The molecular weight excluding hydrogens is 310 g/mol. The average Bonchev–Trinajstić information content (AvgIpc) is 2.99. The van der Waals surface area contributed by atoms with Crippen molar-refractivity contribution in [1.82, 2.24) is 15.4 Å². The van der Waals surface area contributed by atoms with E-state index in [2.05, 4.69) is 32.2 Å². The van der Waals surface area contributed by atoms with Gasteiger partial charge in [-0.25, -0.2) is 0 Å². The van der Waals surface area contributed by atoms with Crippen molar-refractivity contribution in [2.24, 2.45) is 5.41 Å². The summed E-state index contributed by atoms with van der Waals surface area (Å²) in [6.07, 6.45) is 5.34. The second-order valence-electron chi connectivity index (χ2n) is 6.65. The first kappa shape index (κ1) is 14.9. The van der Waals surface area contributed by atoms with E-state index in [1.54, 1.807) is 17.4 Å². The third-order valence-electron chi connectivity index (χ3n) is 5.20. The number of rotatable bonds is 5. The van der Waals surface area contributed by atoms with Crippen LogP contribution in [0, 0.1) is 5.41 Å². The Morgan fingerprint density at radius 3 is 3.00 bits per heavy atom. The molecule has 0 bridgehead atoms. The molecule has 3 heterocycles. The number of thiophene rings is 1. The normalized spacial score (nSPS) is 22.2. The van der Waals surface area contributed by atoms with E-state index in [4.69, 9.17) is 4.52 Å². The predicted molar refractivity (Wildman–Crippen MR) is 88.0 cm³/mol. The maximum absolute atomic E-state index is 12.9. The van der Waals surface area contributed by atoms with E-state index in [-0.39, 0.29) is 5.91 Å². The van der Waals surface area contributed by atoms with Crippen molar-refractivity contribution < 1.29 is 9.32 Å². The van der Waals surface area contributed by atoms with Crippen molar-refractivity contribution in [2.45, 2.75) is 38.3 Å². The molecule has 1 aliphatic heterocycles. The van der Waals surface area contributed by atoms with Crippen molar-refractivity contribution in [1.29, 1.82) is 0 Å². The molecule has 1 saturated carbocycles. The van der Waals surface area contributed by atoms with Crippen LogP contribution in [0.25, 0.3) is 0 Å². The standard InChI is InChI=1S/C17H21N3O2S/c21-16(9-14-1-7-22-19-14)20(11-13-2-8-23-12-13)15-10-17(15)3-5-18-6-4-17/h1-2,7-8,12,15,18H,3-6,9-11H2. The molecule has 4 rings (SSSR count). The van der Waals surface area contributed by atoms with Crippen LogP contribution in [-0.4, -0.2) is 35.1 Å². The molecule has 1 aliphatic carbocycles. The Balaban J connectivity index is 1.51. The van der Waals surface area contributed by atoms with Crippen molar-refractivity contribution in [2.75, 3.05) is 13.1 Å². The molecule has 1 unspecified atom stereocenters. The van der Waals surface area contributed by atoms with E-state index in [0.29, 0.717) is 30.1 Å².